The van der Waals surface area contributed by atoms with Crippen LogP contribution in [0.25, 0.3) is 0 Å². The first kappa shape index (κ1) is 14.6. The van der Waals surface area contributed by atoms with E-state index in [-0.39, 0.29) is 5.75 Å². The summed E-state index contributed by atoms with van der Waals surface area (Å²) >= 11 is 23.7. The van der Waals surface area contributed by atoms with Gasteiger partial charge in [0.1, 0.15) is 5.75 Å². The Hall–Kier alpha value is -0.800. The summed E-state index contributed by atoms with van der Waals surface area (Å²) < 4.78 is 0. The average molecular weight is 337 g/mol. The second kappa shape index (κ2) is 6.10. The first-order chi connectivity index (χ1) is 8.97. The molecule has 0 aliphatic rings. The van der Waals surface area contributed by atoms with Crippen LogP contribution in [0, 0.1) is 0 Å². The van der Waals surface area contributed by atoms with E-state index < -0.39 is 0 Å². The molecule has 0 saturated heterocycles. The Morgan fingerprint density at radius 1 is 0.895 bits per heavy atom. The van der Waals surface area contributed by atoms with Crippen molar-refractivity contribution in [2.45, 2.75) is 6.54 Å². The smallest absolute Gasteiger partial charge is 0.120 e. The molecule has 0 heterocycles. The van der Waals surface area contributed by atoms with Crippen LogP contribution in [0.3, 0.4) is 0 Å². The van der Waals surface area contributed by atoms with Gasteiger partial charge in [0.25, 0.3) is 0 Å². The maximum Gasteiger partial charge on any atom is 0.120 e. The zero-order valence-corrected chi connectivity index (χ0v) is 12.6. The van der Waals surface area contributed by atoms with E-state index in [2.05, 4.69) is 5.32 Å². The van der Waals surface area contributed by atoms with Crippen LogP contribution in [0.15, 0.2) is 30.3 Å². The second-order valence-electron chi connectivity index (χ2n) is 3.87. The molecule has 19 heavy (non-hydrogen) atoms. The number of phenols is 1. The number of benzene rings is 2. The number of nitrogens with one attached hydrogen (secondary N) is 1. The molecule has 2 N–H and O–H groups in total. The van der Waals surface area contributed by atoms with Crippen molar-refractivity contribution in [2.75, 3.05) is 5.32 Å². The maximum atomic E-state index is 9.70. The molecule has 0 unspecified atom stereocenters. The van der Waals surface area contributed by atoms with Crippen LogP contribution in [0.2, 0.25) is 20.1 Å². The first-order valence-corrected chi connectivity index (χ1v) is 6.84. The lowest BCUT2D eigenvalue weighted by atomic mass is 10.2. The molecule has 0 spiro atoms. The predicted molar refractivity (Wildman–Crippen MR) is 81.9 cm³/mol. The molecule has 0 atom stereocenters. The van der Waals surface area contributed by atoms with Gasteiger partial charge in [-0.3, -0.25) is 0 Å². The molecule has 2 rings (SSSR count). The number of halogens is 4. The number of aromatic hydroxyl groups is 1. The topological polar surface area (TPSA) is 32.3 Å². The number of hydrogen-bond acceptors (Lipinski definition) is 2. The van der Waals surface area contributed by atoms with E-state index in [1.807, 2.05) is 0 Å². The van der Waals surface area contributed by atoms with E-state index >= 15 is 0 Å². The normalized spacial score (nSPS) is 10.5. The number of rotatable bonds is 3. The molecule has 2 aromatic carbocycles. The van der Waals surface area contributed by atoms with Gasteiger partial charge in [0.15, 0.2) is 0 Å². The first-order valence-electron chi connectivity index (χ1n) is 5.33. The molecule has 0 amide bonds. The fourth-order valence-corrected chi connectivity index (χ4v) is 2.35. The van der Waals surface area contributed by atoms with Crippen molar-refractivity contribution >= 4 is 52.1 Å². The Morgan fingerprint density at radius 2 is 1.58 bits per heavy atom. The quantitative estimate of drug-likeness (QED) is 0.713. The largest absolute Gasteiger partial charge is 0.508 e. The Morgan fingerprint density at radius 3 is 2.32 bits per heavy atom. The summed E-state index contributed by atoms with van der Waals surface area (Å²) in [5.41, 5.74) is 1.30. The van der Waals surface area contributed by atoms with Crippen LogP contribution in [-0.2, 0) is 6.54 Å². The van der Waals surface area contributed by atoms with Gasteiger partial charge in [-0.25, -0.2) is 0 Å². The van der Waals surface area contributed by atoms with E-state index in [0.717, 1.165) is 0 Å². The van der Waals surface area contributed by atoms with Gasteiger partial charge >= 0.3 is 0 Å². The van der Waals surface area contributed by atoms with Crippen LogP contribution in [0.5, 0.6) is 5.75 Å². The van der Waals surface area contributed by atoms with Gasteiger partial charge in [0.2, 0.25) is 0 Å². The minimum atomic E-state index is 0.160. The molecule has 0 aliphatic carbocycles. The number of anilines is 1. The highest BCUT2D eigenvalue weighted by Gasteiger charge is 2.07. The lowest BCUT2D eigenvalue weighted by Gasteiger charge is -2.11. The SMILES string of the molecule is Oc1ccc(Cl)cc1CNc1cc(Cl)c(Cl)cc1Cl. The fourth-order valence-electron chi connectivity index (χ4n) is 1.54. The third-order valence-corrected chi connectivity index (χ3v) is 3.79. The van der Waals surface area contributed by atoms with Gasteiger partial charge in [0.05, 0.1) is 20.8 Å². The zero-order valence-electron chi connectivity index (χ0n) is 9.55. The second-order valence-corrected chi connectivity index (χ2v) is 5.53. The summed E-state index contributed by atoms with van der Waals surface area (Å²) in [6.07, 6.45) is 0. The van der Waals surface area contributed by atoms with Crippen molar-refractivity contribution in [2.24, 2.45) is 0 Å². The van der Waals surface area contributed by atoms with Gasteiger partial charge in [-0.2, -0.15) is 0 Å². The third-order valence-electron chi connectivity index (χ3n) is 2.52. The molecule has 2 nitrogen and oxygen atoms in total. The summed E-state index contributed by atoms with van der Waals surface area (Å²) in [6, 6.07) is 8.02. The molecular formula is C13H9Cl4NO. The average Bonchev–Trinajstić information content (AvgIpc) is 2.36. The molecule has 0 aliphatic heterocycles. The Bertz CT molecular complexity index is 616. The van der Waals surface area contributed by atoms with Crippen LogP contribution in [0.1, 0.15) is 5.56 Å². The van der Waals surface area contributed by atoms with Crippen LogP contribution in [-0.4, -0.2) is 5.11 Å². The monoisotopic (exact) mass is 335 g/mol. The molecule has 0 fully saturated rings. The van der Waals surface area contributed by atoms with Crippen LogP contribution in [0.4, 0.5) is 5.69 Å². The predicted octanol–water partition coefficient (Wildman–Crippen LogP) is 5.62. The van der Waals surface area contributed by atoms with E-state index in [0.29, 0.717) is 37.9 Å². The van der Waals surface area contributed by atoms with Gasteiger partial charge in [-0.05, 0) is 30.3 Å². The molecule has 0 bridgehead atoms. The molecule has 0 saturated carbocycles. The summed E-state index contributed by atoms with van der Waals surface area (Å²) in [7, 11) is 0. The minimum absolute atomic E-state index is 0.160. The van der Waals surface area contributed by atoms with E-state index in [9.17, 15) is 5.11 Å². The van der Waals surface area contributed by atoms with Crippen molar-refractivity contribution in [3.8, 4) is 5.75 Å². The lowest BCUT2D eigenvalue weighted by Crippen LogP contribution is -2.00. The molecule has 100 valence electrons. The van der Waals surface area contributed by atoms with E-state index in [4.69, 9.17) is 46.4 Å². The van der Waals surface area contributed by atoms with E-state index in [1.165, 1.54) is 6.07 Å². The number of phenolic OH excluding ortho intramolecular Hbond substituents is 1. The van der Waals surface area contributed by atoms with E-state index in [1.54, 1.807) is 24.3 Å². The highest BCUT2D eigenvalue weighted by molar-refractivity contribution is 6.44. The third kappa shape index (κ3) is 3.61. The minimum Gasteiger partial charge on any atom is -0.508 e. The van der Waals surface area contributed by atoms with Crippen LogP contribution >= 0.6 is 46.4 Å². The fraction of sp³-hybridized carbons (Fsp3) is 0.0769. The molecule has 2 aromatic rings. The number of hydrogen-bond donors (Lipinski definition) is 2. The summed E-state index contributed by atoms with van der Waals surface area (Å²) in [5.74, 6) is 0.160. The van der Waals surface area contributed by atoms with Crippen molar-refractivity contribution < 1.29 is 5.11 Å². The van der Waals surface area contributed by atoms with Crippen molar-refractivity contribution in [3.63, 3.8) is 0 Å². The van der Waals surface area contributed by atoms with Gasteiger partial charge in [-0.1, -0.05) is 46.4 Å². The Labute approximate surface area is 130 Å². The summed E-state index contributed by atoms with van der Waals surface area (Å²) in [5, 5.41) is 14.6. The maximum absolute atomic E-state index is 9.70. The molecule has 0 aromatic heterocycles. The molecule has 6 heteroatoms. The molecular weight excluding hydrogens is 328 g/mol. The van der Waals surface area contributed by atoms with Crippen molar-refractivity contribution in [1.82, 2.24) is 0 Å². The lowest BCUT2D eigenvalue weighted by molar-refractivity contribution is 0.469. The van der Waals surface area contributed by atoms with Gasteiger partial charge < -0.3 is 10.4 Å². The Kier molecular flexibility index (Phi) is 4.69. The summed E-state index contributed by atoms with van der Waals surface area (Å²) in [6.45, 7) is 0.365. The van der Waals surface area contributed by atoms with Crippen LogP contribution < -0.4 is 5.32 Å². The van der Waals surface area contributed by atoms with Crippen molar-refractivity contribution in [1.29, 1.82) is 0 Å². The van der Waals surface area contributed by atoms with Crippen molar-refractivity contribution in [3.05, 3.63) is 56.0 Å². The highest BCUT2D eigenvalue weighted by atomic mass is 35.5. The molecule has 0 radical (unpaired) electrons. The Balaban J connectivity index is 2.19. The van der Waals surface area contributed by atoms with Gasteiger partial charge in [-0.15, -0.1) is 0 Å². The standard InChI is InChI=1S/C13H9Cl4NO/c14-8-1-2-13(19)7(3-8)6-18-12-5-10(16)9(15)4-11(12)17/h1-5,18-19H,6H2. The highest BCUT2D eigenvalue weighted by Crippen LogP contribution is 2.33. The zero-order chi connectivity index (χ0) is 14.0. The van der Waals surface area contributed by atoms with Gasteiger partial charge in [0, 0.05) is 17.1 Å². The summed E-state index contributed by atoms with van der Waals surface area (Å²) in [4.78, 5) is 0.